The standard InChI is InChI=1S/C17H25N5O3/c1-4-24-9-8-22-15(10-12(2)19-22)17(23)21-7-5-6-14(11-21)16-18-13(3)25-20-16/h10,14H,4-9,11H2,1-3H3/t14-/m1/s1. The summed E-state index contributed by atoms with van der Waals surface area (Å²) in [5, 5.41) is 8.45. The van der Waals surface area contributed by atoms with E-state index in [-0.39, 0.29) is 11.8 Å². The van der Waals surface area contributed by atoms with Gasteiger partial charge in [0.25, 0.3) is 5.91 Å². The summed E-state index contributed by atoms with van der Waals surface area (Å²) in [7, 11) is 0. The van der Waals surface area contributed by atoms with Gasteiger partial charge in [-0.2, -0.15) is 10.1 Å². The highest BCUT2D eigenvalue weighted by atomic mass is 16.5. The topological polar surface area (TPSA) is 86.3 Å². The SMILES string of the molecule is CCOCCn1nc(C)cc1C(=O)N1CCC[C@@H](c2noc(C)n2)C1. The van der Waals surface area contributed by atoms with Gasteiger partial charge in [0.15, 0.2) is 5.82 Å². The average molecular weight is 347 g/mol. The Hall–Kier alpha value is -2.22. The van der Waals surface area contributed by atoms with Crippen LogP contribution in [0.25, 0.3) is 0 Å². The minimum Gasteiger partial charge on any atom is -0.380 e. The highest BCUT2D eigenvalue weighted by Crippen LogP contribution is 2.26. The van der Waals surface area contributed by atoms with Gasteiger partial charge in [0.2, 0.25) is 5.89 Å². The molecule has 136 valence electrons. The van der Waals surface area contributed by atoms with Crippen LogP contribution in [0.15, 0.2) is 10.6 Å². The fourth-order valence-electron chi connectivity index (χ4n) is 3.20. The Morgan fingerprint density at radius 3 is 3.00 bits per heavy atom. The zero-order chi connectivity index (χ0) is 17.8. The molecular formula is C17H25N5O3. The number of hydrogen-bond donors (Lipinski definition) is 0. The lowest BCUT2D eigenvalue weighted by molar-refractivity contribution is 0.0686. The molecule has 2 aromatic rings. The van der Waals surface area contributed by atoms with Crippen molar-refractivity contribution < 1.29 is 14.1 Å². The Morgan fingerprint density at radius 2 is 2.28 bits per heavy atom. The number of likely N-dealkylation sites (tertiary alicyclic amines) is 1. The molecule has 2 aromatic heterocycles. The molecule has 0 N–H and O–H groups in total. The molecule has 1 aliphatic rings. The highest BCUT2D eigenvalue weighted by Gasteiger charge is 2.29. The molecule has 8 heteroatoms. The summed E-state index contributed by atoms with van der Waals surface area (Å²) in [6, 6.07) is 1.84. The third-order valence-corrected chi connectivity index (χ3v) is 4.39. The van der Waals surface area contributed by atoms with Crippen molar-refractivity contribution in [2.45, 2.75) is 46.1 Å². The van der Waals surface area contributed by atoms with Crippen LogP contribution in [0.2, 0.25) is 0 Å². The molecular weight excluding hydrogens is 322 g/mol. The molecule has 3 heterocycles. The maximum absolute atomic E-state index is 13.0. The van der Waals surface area contributed by atoms with E-state index in [2.05, 4.69) is 15.2 Å². The van der Waals surface area contributed by atoms with Gasteiger partial charge < -0.3 is 14.2 Å². The first-order chi connectivity index (χ1) is 12.1. The average Bonchev–Trinajstić information content (AvgIpc) is 3.20. The number of carbonyl (C=O) groups excluding carboxylic acids is 1. The Kier molecular flexibility index (Phi) is 5.47. The fourth-order valence-corrected chi connectivity index (χ4v) is 3.20. The lowest BCUT2D eigenvalue weighted by Gasteiger charge is -2.31. The predicted molar refractivity (Wildman–Crippen MR) is 90.4 cm³/mol. The molecule has 3 rings (SSSR count). The van der Waals surface area contributed by atoms with Crippen molar-refractivity contribution >= 4 is 5.91 Å². The van der Waals surface area contributed by atoms with Gasteiger partial charge >= 0.3 is 0 Å². The van der Waals surface area contributed by atoms with Crippen LogP contribution in [0.1, 0.15) is 53.6 Å². The molecule has 1 aliphatic heterocycles. The van der Waals surface area contributed by atoms with Crippen LogP contribution < -0.4 is 0 Å². The summed E-state index contributed by atoms with van der Waals surface area (Å²) in [5.41, 5.74) is 1.45. The van der Waals surface area contributed by atoms with Crippen LogP contribution in [-0.4, -0.2) is 57.0 Å². The number of amides is 1. The van der Waals surface area contributed by atoms with Crippen LogP contribution in [0.3, 0.4) is 0 Å². The Bertz CT molecular complexity index is 724. The molecule has 0 aliphatic carbocycles. The van der Waals surface area contributed by atoms with Gasteiger partial charge in [-0.25, -0.2) is 0 Å². The third kappa shape index (κ3) is 4.07. The van der Waals surface area contributed by atoms with Crippen molar-refractivity contribution in [2.75, 3.05) is 26.3 Å². The molecule has 0 unspecified atom stereocenters. The van der Waals surface area contributed by atoms with Gasteiger partial charge in [-0.15, -0.1) is 0 Å². The van der Waals surface area contributed by atoms with Crippen LogP contribution in [-0.2, 0) is 11.3 Å². The van der Waals surface area contributed by atoms with Crippen LogP contribution in [0.4, 0.5) is 0 Å². The van der Waals surface area contributed by atoms with E-state index >= 15 is 0 Å². The van der Waals surface area contributed by atoms with E-state index in [1.54, 1.807) is 11.6 Å². The first-order valence-electron chi connectivity index (χ1n) is 8.80. The summed E-state index contributed by atoms with van der Waals surface area (Å²) in [4.78, 5) is 19.2. The quantitative estimate of drug-likeness (QED) is 0.742. The van der Waals surface area contributed by atoms with Crippen LogP contribution in [0, 0.1) is 13.8 Å². The summed E-state index contributed by atoms with van der Waals surface area (Å²) in [6.45, 7) is 8.74. The summed E-state index contributed by atoms with van der Waals surface area (Å²) < 4.78 is 12.2. The van der Waals surface area contributed by atoms with E-state index in [0.29, 0.717) is 43.7 Å². The number of rotatable bonds is 6. The van der Waals surface area contributed by atoms with Crippen LogP contribution in [0.5, 0.6) is 0 Å². The minimum atomic E-state index is 0.00187. The molecule has 1 amide bonds. The largest absolute Gasteiger partial charge is 0.380 e. The predicted octanol–water partition coefficient (Wildman–Crippen LogP) is 1.94. The zero-order valence-corrected chi connectivity index (χ0v) is 15.1. The second kappa shape index (κ2) is 7.77. The smallest absolute Gasteiger partial charge is 0.272 e. The number of hydrogen-bond acceptors (Lipinski definition) is 6. The second-order valence-corrected chi connectivity index (χ2v) is 6.35. The lowest BCUT2D eigenvalue weighted by Crippen LogP contribution is -2.40. The van der Waals surface area contributed by atoms with E-state index in [0.717, 1.165) is 25.1 Å². The first-order valence-corrected chi connectivity index (χ1v) is 8.80. The molecule has 1 fully saturated rings. The number of carbonyl (C=O) groups is 1. The van der Waals surface area contributed by atoms with E-state index in [4.69, 9.17) is 9.26 Å². The van der Waals surface area contributed by atoms with Crippen molar-refractivity contribution in [3.05, 3.63) is 29.2 Å². The summed E-state index contributed by atoms with van der Waals surface area (Å²) >= 11 is 0. The number of piperidine rings is 1. The second-order valence-electron chi connectivity index (χ2n) is 6.35. The maximum atomic E-state index is 13.0. The van der Waals surface area contributed by atoms with E-state index in [1.165, 1.54) is 0 Å². The summed E-state index contributed by atoms with van der Waals surface area (Å²) in [5.74, 6) is 1.37. The Labute approximate surface area is 147 Å². The van der Waals surface area contributed by atoms with E-state index in [1.807, 2.05) is 24.8 Å². The molecule has 8 nitrogen and oxygen atoms in total. The number of aryl methyl sites for hydroxylation is 2. The van der Waals surface area contributed by atoms with E-state index < -0.39 is 0 Å². The van der Waals surface area contributed by atoms with Gasteiger partial charge in [0.1, 0.15) is 5.69 Å². The number of nitrogens with zero attached hydrogens (tertiary/aromatic N) is 5. The third-order valence-electron chi connectivity index (χ3n) is 4.39. The van der Waals surface area contributed by atoms with Gasteiger partial charge in [0, 0.05) is 32.5 Å². The molecule has 0 bridgehead atoms. The Morgan fingerprint density at radius 1 is 1.44 bits per heavy atom. The van der Waals surface area contributed by atoms with Gasteiger partial charge in [0.05, 0.1) is 18.8 Å². The van der Waals surface area contributed by atoms with Crippen molar-refractivity contribution in [3.8, 4) is 0 Å². The molecule has 0 spiro atoms. The zero-order valence-electron chi connectivity index (χ0n) is 15.1. The van der Waals surface area contributed by atoms with Crippen molar-refractivity contribution in [1.29, 1.82) is 0 Å². The van der Waals surface area contributed by atoms with Gasteiger partial charge in [-0.1, -0.05) is 5.16 Å². The van der Waals surface area contributed by atoms with Gasteiger partial charge in [-0.05, 0) is 32.8 Å². The maximum Gasteiger partial charge on any atom is 0.272 e. The fraction of sp³-hybridized carbons (Fsp3) is 0.647. The molecule has 1 saturated heterocycles. The molecule has 1 atom stereocenters. The lowest BCUT2D eigenvalue weighted by atomic mass is 9.97. The first kappa shape index (κ1) is 17.6. The van der Waals surface area contributed by atoms with Crippen molar-refractivity contribution in [2.24, 2.45) is 0 Å². The summed E-state index contributed by atoms with van der Waals surface area (Å²) in [6.07, 6.45) is 1.89. The van der Waals surface area contributed by atoms with Crippen molar-refractivity contribution in [1.82, 2.24) is 24.8 Å². The molecule has 25 heavy (non-hydrogen) atoms. The molecule has 0 radical (unpaired) electrons. The Balaban J connectivity index is 1.72. The monoisotopic (exact) mass is 347 g/mol. The van der Waals surface area contributed by atoms with Gasteiger partial charge in [-0.3, -0.25) is 9.48 Å². The highest BCUT2D eigenvalue weighted by molar-refractivity contribution is 5.92. The van der Waals surface area contributed by atoms with E-state index in [9.17, 15) is 4.79 Å². The number of ether oxygens (including phenoxy) is 1. The number of aromatic nitrogens is 4. The molecule has 0 saturated carbocycles. The normalized spacial score (nSPS) is 17.9. The van der Waals surface area contributed by atoms with Crippen molar-refractivity contribution in [3.63, 3.8) is 0 Å². The molecule has 0 aromatic carbocycles. The minimum absolute atomic E-state index is 0.00187. The van der Waals surface area contributed by atoms with Crippen LogP contribution >= 0.6 is 0 Å².